The van der Waals surface area contributed by atoms with Crippen LogP contribution in [0.15, 0.2) is 0 Å². The Balaban J connectivity index is 3.55. The molecule has 0 aromatic carbocycles. The van der Waals surface area contributed by atoms with E-state index in [4.69, 9.17) is 0 Å². The van der Waals surface area contributed by atoms with Crippen LogP contribution in [0.1, 0.15) is 59.8 Å². The first-order valence-electron chi connectivity index (χ1n) is 7.00. The summed E-state index contributed by atoms with van der Waals surface area (Å²) in [5.41, 5.74) is -0.0991. The normalized spacial score (nSPS) is 15.2. The highest BCUT2D eigenvalue weighted by atomic mass is 32.2. The lowest BCUT2D eigenvalue weighted by Gasteiger charge is -2.31. The Hall–Kier alpha value is 0.270. The number of aliphatic hydroxyl groups is 1. The van der Waals surface area contributed by atoms with Crippen molar-refractivity contribution in [2.75, 3.05) is 18.1 Å². The zero-order chi connectivity index (χ0) is 13.1. The second-order valence-corrected chi connectivity index (χ2v) is 6.67. The Morgan fingerprint density at radius 1 is 1.18 bits per heavy atom. The van der Waals surface area contributed by atoms with Gasteiger partial charge >= 0.3 is 0 Å². The molecule has 104 valence electrons. The summed E-state index contributed by atoms with van der Waals surface area (Å²) in [5, 5.41) is 12.9. The van der Waals surface area contributed by atoms with Crippen LogP contribution >= 0.6 is 11.8 Å². The summed E-state index contributed by atoms with van der Waals surface area (Å²) >= 11 is 2.05. The quantitative estimate of drug-likeness (QED) is 0.559. The van der Waals surface area contributed by atoms with Crippen LogP contribution in [0.2, 0.25) is 0 Å². The molecule has 2 nitrogen and oxygen atoms in total. The van der Waals surface area contributed by atoms with Crippen LogP contribution < -0.4 is 5.32 Å². The number of hydrogen-bond acceptors (Lipinski definition) is 3. The van der Waals surface area contributed by atoms with Gasteiger partial charge in [-0.2, -0.15) is 11.8 Å². The molecule has 0 aliphatic carbocycles. The third-order valence-corrected chi connectivity index (χ3v) is 4.05. The maximum atomic E-state index is 9.44. The van der Waals surface area contributed by atoms with Crippen molar-refractivity contribution in [3.8, 4) is 0 Å². The molecule has 0 amide bonds. The number of nitrogens with one attached hydrogen (secondary N) is 1. The second-order valence-electron chi connectivity index (χ2n) is 5.44. The van der Waals surface area contributed by atoms with E-state index in [1.807, 2.05) is 0 Å². The van der Waals surface area contributed by atoms with Gasteiger partial charge in [-0.05, 0) is 37.7 Å². The van der Waals surface area contributed by atoms with Crippen molar-refractivity contribution in [3.05, 3.63) is 0 Å². The zero-order valence-corrected chi connectivity index (χ0v) is 12.9. The Morgan fingerprint density at radius 2 is 1.82 bits per heavy atom. The molecule has 17 heavy (non-hydrogen) atoms. The Labute approximate surface area is 112 Å². The van der Waals surface area contributed by atoms with Crippen LogP contribution in [0.3, 0.4) is 0 Å². The van der Waals surface area contributed by atoms with Crippen molar-refractivity contribution in [1.29, 1.82) is 0 Å². The number of thioether (sulfide) groups is 1. The Kier molecular flexibility index (Phi) is 10.4. The van der Waals surface area contributed by atoms with Crippen LogP contribution in [0.25, 0.3) is 0 Å². The molecule has 0 aromatic rings. The maximum absolute atomic E-state index is 9.44. The first-order chi connectivity index (χ1) is 8.04. The summed E-state index contributed by atoms with van der Waals surface area (Å²) in [6.45, 7) is 8.86. The SMILES string of the molecule is CCCCCSCCCC(C)(CO)NC(C)C. The Morgan fingerprint density at radius 3 is 2.35 bits per heavy atom. The number of hydrogen-bond donors (Lipinski definition) is 2. The molecule has 0 rings (SSSR count). The summed E-state index contributed by atoms with van der Waals surface area (Å²) in [6, 6.07) is 0.435. The molecule has 0 heterocycles. The van der Waals surface area contributed by atoms with Gasteiger partial charge in [0.05, 0.1) is 6.61 Å². The number of unbranched alkanes of at least 4 members (excludes halogenated alkanes) is 2. The zero-order valence-electron chi connectivity index (χ0n) is 12.1. The molecular formula is C14H31NOS. The van der Waals surface area contributed by atoms with Gasteiger partial charge in [0.1, 0.15) is 0 Å². The lowest BCUT2D eigenvalue weighted by atomic mass is 9.96. The van der Waals surface area contributed by atoms with Crippen molar-refractivity contribution >= 4 is 11.8 Å². The molecule has 2 N–H and O–H groups in total. The standard InChI is InChI=1S/C14H31NOS/c1-5-6-7-10-17-11-8-9-14(4,12-16)15-13(2)3/h13,15-16H,5-12H2,1-4H3. The molecule has 0 aliphatic rings. The molecule has 0 bridgehead atoms. The summed E-state index contributed by atoms with van der Waals surface area (Å²) < 4.78 is 0. The molecule has 0 aliphatic heterocycles. The largest absolute Gasteiger partial charge is 0.394 e. The van der Waals surface area contributed by atoms with Crippen molar-refractivity contribution in [1.82, 2.24) is 5.32 Å². The summed E-state index contributed by atoms with van der Waals surface area (Å²) in [5.74, 6) is 2.51. The van der Waals surface area contributed by atoms with E-state index in [2.05, 4.69) is 44.8 Å². The maximum Gasteiger partial charge on any atom is 0.0610 e. The third-order valence-electron chi connectivity index (χ3n) is 2.90. The molecule has 0 fully saturated rings. The minimum absolute atomic E-state index is 0.0991. The minimum atomic E-state index is -0.0991. The lowest BCUT2D eigenvalue weighted by molar-refractivity contribution is 0.156. The van der Waals surface area contributed by atoms with E-state index in [9.17, 15) is 5.11 Å². The monoisotopic (exact) mass is 261 g/mol. The van der Waals surface area contributed by atoms with Crippen LogP contribution in [0.4, 0.5) is 0 Å². The van der Waals surface area contributed by atoms with Gasteiger partial charge in [0, 0.05) is 11.6 Å². The molecule has 3 heteroatoms. The summed E-state index contributed by atoms with van der Waals surface area (Å²) in [6.07, 6.45) is 6.26. The number of aliphatic hydroxyl groups excluding tert-OH is 1. The fraction of sp³-hybridized carbons (Fsp3) is 1.00. The van der Waals surface area contributed by atoms with E-state index >= 15 is 0 Å². The molecular weight excluding hydrogens is 230 g/mol. The van der Waals surface area contributed by atoms with E-state index < -0.39 is 0 Å². The molecule has 0 saturated heterocycles. The minimum Gasteiger partial charge on any atom is -0.394 e. The van der Waals surface area contributed by atoms with Gasteiger partial charge in [-0.1, -0.05) is 33.6 Å². The molecule has 0 spiro atoms. The molecule has 0 aromatic heterocycles. The molecule has 0 radical (unpaired) electrons. The Bertz CT molecular complexity index is 176. The van der Waals surface area contributed by atoms with Crippen LogP contribution in [-0.4, -0.2) is 34.8 Å². The second kappa shape index (κ2) is 10.2. The van der Waals surface area contributed by atoms with Gasteiger partial charge in [0.15, 0.2) is 0 Å². The fourth-order valence-electron chi connectivity index (χ4n) is 2.01. The summed E-state index contributed by atoms with van der Waals surface area (Å²) in [7, 11) is 0. The van der Waals surface area contributed by atoms with E-state index in [1.165, 1.54) is 37.2 Å². The predicted molar refractivity (Wildman–Crippen MR) is 79.8 cm³/mol. The van der Waals surface area contributed by atoms with E-state index in [0.29, 0.717) is 6.04 Å². The van der Waals surface area contributed by atoms with Gasteiger partial charge in [-0.25, -0.2) is 0 Å². The fourth-order valence-corrected chi connectivity index (χ4v) is 2.98. The van der Waals surface area contributed by atoms with Crippen molar-refractivity contribution < 1.29 is 5.11 Å². The van der Waals surface area contributed by atoms with Crippen LogP contribution in [0, 0.1) is 0 Å². The van der Waals surface area contributed by atoms with E-state index in [-0.39, 0.29) is 12.1 Å². The van der Waals surface area contributed by atoms with E-state index in [1.54, 1.807) is 0 Å². The number of rotatable bonds is 11. The lowest BCUT2D eigenvalue weighted by Crippen LogP contribution is -2.49. The van der Waals surface area contributed by atoms with Gasteiger partial charge in [0.25, 0.3) is 0 Å². The highest BCUT2D eigenvalue weighted by Crippen LogP contribution is 2.16. The van der Waals surface area contributed by atoms with Gasteiger partial charge in [-0.3, -0.25) is 0 Å². The van der Waals surface area contributed by atoms with Gasteiger partial charge in [0.2, 0.25) is 0 Å². The van der Waals surface area contributed by atoms with Crippen molar-refractivity contribution in [2.45, 2.75) is 71.4 Å². The highest BCUT2D eigenvalue weighted by Gasteiger charge is 2.22. The first kappa shape index (κ1) is 17.3. The smallest absolute Gasteiger partial charge is 0.0610 e. The van der Waals surface area contributed by atoms with Gasteiger partial charge in [-0.15, -0.1) is 0 Å². The van der Waals surface area contributed by atoms with Gasteiger partial charge < -0.3 is 10.4 Å². The average Bonchev–Trinajstić information content (AvgIpc) is 2.27. The van der Waals surface area contributed by atoms with Crippen molar-refractivity contribution in [3.63, 3.8) is 0 Å². The third kappa shape index (κ3) is 9.93. The van der Waals surface area contributed by atoms with Crippen LogP contribution in [0.5, 0.6) is 0 Å². The molecule has 1 atom stereocenters. The predicted octanol–water partition coefficient (Wildman–Crippen LogP) is 3.44. The topological polar surface area (TPSA) is 32.3 Å². The molecule has 0 saturated carbocycles. The van der Waals surface area contributed by atoms with Crippen molar-refractivity contribution in [2.24, 2.45) is 0 Å². The summed E-state index contributed by atoms with van der Waals surface area (Å²) in [4.78, 5) is 0. The van der Waals surface area contributed by atoms with Crippen LogP contribution in [-0.2, 0) is 0 Å². The first-order valence-corrected chi connectivity index (χ1v) is 8.16. The van der Waals surface area contributed by atoms with E-state index in [0.717, 1.165) is 6.42 Å². The molecule has 1 unspecified atom stereocenters. The highest BCUT2D eigenvalue weighted by molar-refractivity contribution is 7.99. The average molecular weight is 261 g/mol.